The number of nitrogens with zero attached hydrogens (tertiary/aromatic N) is 3. The van der Waals surface area contributed by atoms with E-state index in [1.165, 1.54) is 49.6 Å². The van der Waals surface area contributed by atoms with Crippen molar-refractivity contribution in [2.24, 2.45) is 4.99 Å². The number of benzene rings is 2. The van der Waals surface area contributed by atoms with E-state index in [2.05, 4.69) is 9.98 Å². The monoisotopic (exact) mass is 567 g/mol. The fourth-order valence-electron chi connectivity index (χ4n) is 5.16. The van der Waals surface area contributed by atoms with Crippen LogP contribution >= 0.6 is 11.6 Å². The Morgan fingerprint density at radius 3 is 2.40 bits per heavy atom. The second-order valence-electron chi connectivity index (χ2n) is 9.34. The zero-order chi connectivity index (χ0) is 28.6. The number of aliphatic imine (C=N–C) groups is 1. The van der Waals surface area contributed by atoms with Crippen LogP contribution in [0.15, 0.2) is 71.1 Å². The second kappa shape index (κ2) is 11.1. The summed E-state index contributed by atoms with van der Waals surface area (Å²) in [5, 5.41) is 11.8. The van der Waals surface area contributed by atoms with E-state index in [9.17, 15) is 23.5 Å². The van der Waals surface area contributed by atoms with Gasteiger partial charge in [0.15, 0.2) is 0 Å². The number of methoxy groups -OCH3 is 2. The van der Waals surface area contributed by atoms with Crippen molar-refractivity contribution in [3.05, 3.63) is 99.5 Å². The summed E-state index contributed by atoms with van der Waals surface area (Å²) in [5.41, 5.74) is 0.428. The van der Waals surface area contributed by atoms with Crippen molar-refractivity contribution in [2.75, 3.05) is 27.3 Å². The maximum atomic E-state index is 14.5. The van der Waals surface area contributed by atoms with Crippen LogP contribution in [0.3, 0.4) is 0 Å². The molecule has 2 aliphatic rings. The highest BCUT2D eigenvalue weighted by Crippen LogP contribution is 2.43. The Balaban J connectivity index is 1.57. The predicted molar refractivity (Wildman–Crippen MR) is 143 cm³/mol. The molecule has 3 aromatic rings. The first kappa shape index (κ1) is 27.3. The van der Waals surface area contributed by atoms with Gasteiger partial charge in [0.05, 0.1) is 42.1 Å². The van der Waals surface area contributed by atoms with E-state index in [1.54, 1.807) is 18.2 Å². The van der Waals surface area contributed by atoms with Crippen LogP contribution in [0.4, 0.5) is 8.78 Å². The van der Waals surface area contributed by atoms with Crippen molar-refractivity contribution in [3.63, 3.8) is 0 Å². The molecule has 8 nitrogen and oxygen atoms in total. The van der Waals surface area contributed by atoms with E-state index in [1.807, 2.05) is 0 Å². The third-order valence-corrected chi connectivity index (χ3v) is 7.25. The molecule has 2 amide bonds. The van der Waals surface area contributed by atoms with Gasteiger partial charge in [-0.1, -0.05) is 29.8 Å². The number of ether oxygens (including phenoxy) is 2. The minimum absolute atomic E-state index is 0.0750. The first-order valence-electron chi connectivity index (χ1n) is 12.4. The van der Waals surface area contributed by atoms with Gasteiger partial charge in [0.25, 0.3) is 11.8 Å². The summed E-state index contributed by atoms with van der Waals surface area (Å²) in [6.07, 6.45) is 1.73. The molecule has 206 valence electrons. The summed E-state index contributed by atoms with van der Waals surface area (Å²) < 4.78 is 39.3. The predicted octanol–water partition coefficient (Wildman–Crippen LogP) is 4.97. The number of aromatic nitrogens is 1. The number of aliphatic hydroxyl groups excluding tert-OH is 1. The summed E-state index contributed by atoms with van der Waals surface area (Å²) in [6, 6.07) is 11.4. The molecule has 5 rings (SSSR count). The molecular formula is C29H24ClF2N3O5. The van der Waals surface area contributed by atoms with Gasteiger partial charge in [-0.15, -0.1) is 0 Å². The Bertz CT molecular complexity index is 1540. The number of aliphatic hydroxyl groups is 1. The largest absolute Gasteiger partial charge is 0.510 e. The normalized spacial score (nSPS) is 19.1. The fourth-order valence-corrected chi connectivity index (χ4v) is 5.30. The van der Waals surface area contributed by atoms with Crippen molar-refractivity contribution in [2.45, 2.75) is 18.3 Å². The SMILES string of the molecule is COc1cccc(OC)c1C1C(c2ccc(F)cc2)=NC(=O)C(C(=O)N2CCC(c3ncc(Cl)cc3F)C2)=C1O. The quantitative estimate of drug-likeness (QED) is 0.422. The topological polar surface area (TPSA) is 101 Å². The molecule has 0 saturated carbocycles. The average molecular weight is 568 g/mol. The number of halogens is 3. The minimum atomic E-state index is -1.15. The summed E-state index contributed by atoms with van der Waals surface area (Å²) in [7, 11) is 2.87. The molecular weight excluding hydrogens is 544 g/mol. The molecule has 0 spiro atoms. The molecule has 11 heteroatoms. The summed E-state index contributed by atoms with van der Waals surface area (Å²) >= 11 is 5.82. The van der Waals surface area contributed by atoms with Crippen LogP contribution in [0, 0.1) is 11.6 Å². The highest BCUT2D eigenvalue weighted by atomic mass is 35.5. The molecule has 0 radical (unpaired) electrons. The van der Waals surface area contributed by atoms with Crippen LogP contribution in [-0.2, 0) is 9.59 Å². The lowest BCUT2D eigenvalue weighted by molar-refractivity contribution is -0.129. The third kappa shape index (κ3) is 4.90. The maximum absolute atomic E-state index is 14.5. The van der Waals surface area contributed by atoms with E-state index in [4.69, 9.17) is 21.1 Å². The number of hydrogen-bond donors (Lipinski definition) is 1. The highest BCUT2D eigenvalue weighted by Gasteiger charge is 2.42. The number of dihydropyridines is 1. The lowest BCUT2D eigenvalue weighted by Crippen LogP contribution is -2.37. The van der Waals surface area contributed by atoms with Gasteiger partial charge >= 0.3 is 0 Å². The molecule has 0 bridgehead atoms. The number of pyridine rings is 1. The summed E-state index contributed by atoms with van der Waals surface area (Å²) in [4.78, 5) is 36.6. The van der Waals surface area contributed by atoms with Crippen LogP contribution in [0.1, 0.15) is 35.1 Å². The van der Waals surface area contributed by atoms with Crippen LogP contribution in [0.25, 0.3) is 0 Å². The number of likely N-dealkylation sites (tertiary alicyclic amines) is 1. The number of hydrogen-bond acceptors (Lipinski definition) is 6. The van der Waals surface area contributed by atoms with Gasteiger partial charge in [0, 0.05) is 25.2 Å². The smallest absolute Gasteiger partial charge is 0.286 e. The zero-order valence-electron chi connectivity index (χ0n) is 21.5. The molecule has 1 fully saturated rings. The number of rotatable bonds is 6. The van der Waals surface area contributed by atoms with E-state index in [0.29, 0.717) is 29.0 Å². The van der Waals surface area contributed by atoms with Crippen LogP contribution in [-0.4, -0.2) is 59.8 Å². The number of allylic oxidation sites excluding steroid dienone is 1. The molecule has 0 aliphatic carbocycles. The third-order valence-electron chi connectivity index (χ3n) is 7.05. The van der Waals surface area contributed by atoms with Crippen molar-refractivity contribution >= 4 is 29.1 Å². The van der Waals surface area contributed by atoms with E-state index in [0.717, 1.165) is 6.07 Å². The molecule has 1 aromatic heterocycles. The standard InChI is InChI=1S/C29H24ClF2N3O5/c1-39-20-4-3-5-21(40-2)22(20)23-26(15-6-8-18(31)9-7-15)34-28(37)24(27(23)36)29(38)35-11-10-16(14-35)25-19(32)12-17(30)13-33-25/h3-9,12-13,16,23,36H,10-11,14H2,1-2H3. The van der Waals surface area contributed by atoms with Gasteiger partial charge in [-0.05, 0) is 42.3 Å². The first-order valence-corrected chi connectivity index (χ1v) is 12.7. The molecule has 3 heterocycles. The van der Waals surface area contributed by atoms with Gasteiger partial charge in [-0.3, -0.25) is 14.6 Å². The highest BCUT2D eigenvalue weighted by molar-refractivity contribution is 6.30. The van der Waals surface area contributed by atoms with Gasteiger partial charge in [-0.25, -0.2) is 13.8 Å². The van der Waals surface area contributed by atoms with Crippen LogP contribution < -0.4 is 9.47 Å². The van der Waals surface area contributed by atoms with Crippen molar-refractivity contribution in [1.29, 1.82) is 0 Å². The van der Waals surface area contributed by atoms with Crippen LogP contribution in [0.5, 0.6) is 11.5 Å². The van der Waals surface area contributed by atoms with Gasteiger partial charge in [-0.2, -0.15) is 0 Å². The average Bonchev–Trinajstić information content (AvgIpc) is 3.43. The molecule has 1 N–H and O–H groups in total. The van der Waals surface area contributed by atoms with Gasteiger partial charge < -0.3 is 19.5 Å². The maximum Gasteiger partial charge on any atom is 0.286 e. The molecule has 2 aliphatic heterocycles. The molecule has 2 atom stereocenters. The Morgan fingerprint density at radius 2 is 1.77 bits per heavy atom. The van der Waals surface area contributed by atoms with E-state index < -0.39 is 46.6 Å². The van der Waals surface area contributed by atoms with Crippen LogP contribution in [0.2, 0.25) is 5.02 Å². The molecule has 40 heavy (non-hydrogen) atoms. The number of carbonyl (C=O) groups excluding carboxylic acids is 2. The lowest BCUT2D eigenvalue weighted by atomic mass is 9.83. The fraction of sp³-hybridized carbons (Fsp3) is 0.241. The summed E-state index contributed by atoms with van der Waals surface area (Å²) in [6.45, 7) is 0.278. The van der Waals surface area contributed by atoms with E-state index >= 15 is 0 Å². The van der Waals surface area contributed by atoms with Gasteiger partial charge in [0.2, 0.25) is 0 Å². The minimum Gasteiger partial charge on any atom is -0.510 e. The number of carbonyl (C=O) groups is 2. The molecule has 2 aromatic carbocycles. The molecule has 2 unspecified atom stereocenters. The van der Waals surface area contributed by atoms with Crippen molar-refractivity contribution < 1.29 is 33.0 Å². The lowest BCUT2D eigenvalue weighted by Gasteiger charge is -2.28. The number of amides is 2. The van der Waals surface area contributed by atoms with Crippen molar-refractivity contribution in [3.8, 4) is 11.5 Å². The molecule has 1 saturated heterocycles. The zero-order valence-corrected chi connectivity index (χ0v) is 22.3. The Hall–Kier alpha value is -4.31. The Kier molecular flexibility index (Phi) is 7.53. The van der Waals surface area contributed by atoms with Gasteiger partial charge in [0.1, 0.15) is 34.5 Å². The van der Waals surface area contributed by atoms with E-state index in [-0.39, 0.29) is 29.5 Å². The Morgan fingerprint density at radius 1 is 1.10 bits per heavy atom. The summed E-state index contributed by atoms with van der Waals surface area (Å²) in [5.74, 6) is -4.27. The van der Waals surface area contributed by atoms with Crippen molar-refractivity contribution in [1.82, 2.24) is 9.88 Å². The second-order valence-corrected chi connectivity index (χ2v) is 9.77. The first-order chi connectivity index (χ1) is 19.2. The Labute approximate surface area is 233 Å².